The quantitative estimate of drug-likeness (QED) is 0.352. The van der Waals surface area contributed by atoms with Crippen molar-refractivity contribution in [3.63, 3.8) is 0 Å². The maximum absolute atomic E-state index is 12.3. The summed E-state index contributed by atoms with van der Waals surface area (Å²) in [7, 11) is 0. The van der Waals surface area contributed by atoms with Crippen LogP contribution in [-0.4, -0.2) is 46.4 Å². The Morgan fingerprint density at radius 1 is 1.25 bits per heavy atom. The van der Waals surface area contributed by atoms with Crippen LogP contribution in [0.4, 0.5) is 0 Å². The average Bonchev–Trinajstić information content (AvgIpc) is 2.56. The standard InChI is InChI=1S/C16H21N3O5/c1-10(2)12(9-20)18-15(22)13(8-14(17)21)19(24)16(23)11-6-4-3-5-7-11/h3-7,9-10,12-13,24H,8H2,1-2H3,(H2,17,21)(H,18,22)/t12-,13+/m1/s1. The lowest BCUT2D eigenvalue weighted by Crippen LogP contribution is -2.53. The van der Waals surface area contributed by atoms with Crippen LogP contribution in [0.1, 0.15) is 30.6 Å². The van der Waals surface area contributed by atoms with Crippen LogP contribution >= 0.6 is 0 Å². The van der Waals surface area contributed by atoms with Gasteiger partial charge in [-0.3, -0.25) is 19.6 Å². The first-order chi connectivity index (χ1) is 11.3. The highest BCUT2D eigenvalue weighted by atomic mass is 16.5. The van der Waals surface area contributed by atoms with Gasteiger partial charge in [0.05, 0.1) is 12.5 Å². The molecule has 8 heteroatoms. The van der Waals surface area contributed by atoms with Crippen molar-refractivity contribution in [2.45, 2.75) is 32.4 Å². The Labute approximate surface area is 139 Å². The number of hydrogen-bond acceptors (Lipinski definition) is 5. The molecular formula is C16H21N3O5. The van der Waals surface area contributed by atoms with Gasteiger partial charge in [-0.15, -0.1) is 0 Å². The molecule has 0 heterocycles. The predicted octanol–water partition coefficient (Wildman–Crippen LogP) is 0.102. The molecule has 1 rings (SSSR count). The summed E-state index contributed by atoms with van der Waals surface area (Å²) in [6.45, 7) is 3.43. The molecule has 130 valence electrons. The molecule has 0 aliphatic heterocycles. The van der Waals surface area contributed by atoms with E-state index in [9.17, 15) is 24.4 Å². The second kappa shape index (κ2) is 8.78. The minimum Gasteiger partial charge on any atom is -0.370 e. The zero-order valence-corrected chi connectivity index (χ0v) is 13.5. The van der Waals surface area contributed by atoms with Crippen molar-refractivity contribution in [2.24, 2.45) is 11.7 Å². The molecule has 0 aliphatic carbocycles. The molecule has 0 aromatic heterocycles. The lowest BCUT2D eigenvalue weighted by Gasteiger charge is -2.26. The van der Waals surface area contributed by atoms with E-state index >= 15 is 0 Å². The second-order valence-corrected chi connectivity index (χ2v) is 5.62. The van der Waals surface area contributed by atoms with Gasteiger partial charge in [0.1, 0.15) is 12.3 Å². The highest BCUT2D eigenvalue weighted by Gasteiger charge is 2.32. The van der Waals surface area contributed by atoms with Crippen LogP contribution in [0.2, 0.25) is 0 Å². The van der Waals surface area contributed by atoms with Crippen molar-refractivity contribution >= 4 is 24.0 Å². The van der Waals surface area contributed by atoms with Crippen LogP contribution in [0.3, 0.4) is 0 Å². The lowest BCUT2D eigenvalue weighted by molar-refractivity contribution is -0.147. The number of aldehydes is 1. The minimum atomic E-state index is -1.53. The van der Waals surface area contributed by atoms with E-state index in [0.29, 0.717) is 6.29 Å². The molecule has 8 nitrogen and oxygen atoms in total. The molecule has 1 aromatic carbocycles. The van der Waals surface area contributed by atoms with Gasteiger partial charge in [0.2, 0.25) is 11.8 Å². The van der Waals surface area contributed by atoms with E-state index in [2.05, 4.69) is 5.32 Å². The maximum atomic E-state index is 12.3. The fraction of sp³-hybridized carbons (Fsp3) is 0.375. The number of benzene rings is 1. The van der Waals surface area contributed by atoms with Crippen LogP contribution < -0.4 is 11.1 Å². The van der Waals surface area contributed by atoms with Gasteiger partial charge in [-0.05, 0) is 18.1 Å². The Morgan fingerprint density at radius 2 is 1.83 bits per heavy atom. The van der Waals surface area contributed by atoms with Gasteiger partial charge in [0.25, 0.3) is 5.91 Å². The molecule has 0 aliphatic rings. The zero-order chi connectivity index (χ0) is 18.3. The number of nitrogens with zero attached hydrogens (tertiary/aromatic N) is 1. The third kappa shape index (κ3) is 5.17. The summed E-state index contributed by atoms with van der Waals surface area (Å²) in [5.41, 5.74) is 5.23. The first kappa shape index (κ1) is 19.3. The molecule has 0 bridgehead atoms. The van der Waals surface area contributed by atoms with Gasteiger partial charge in [0, 0.05) is 5.56 Å². The lowest BCUT2D eigenvalue weighted by atomic mass is 10.0. The second-order valence-electron chi connectivity index (χ2n) is 5.62. The summed E-state index contributed by atoms with van der Waals surface area (Å²) in [5.74, 6) is -2.77. The van der Waals surface area contributed by atoms with Crippen molar-refractivity contribution in [1.82, 2.24) is 10.4 Å². The Kier molecular flexibility index (Phi) is 7.06. The summed E-state index contributed by atoms with van der Waals surface area (Å²) >= 11 is 0. The first-order valence-corrected chi connectivity index (χ1v) is 7.39. The summed E-state index contributed by atoms with van der Waals surface area (Å²) < 4.78 is 0. The van der Waals surface area contributed by atoms with Crippen molar-refractivity contribution in [3.05, 3.63) is 35.9 Å². The van der Waals surface area contributed by atoms with Gasteiger partial charge >= 0.3 is 0 Å². The van der Waals surface area contributed by atoms with Crippen LogP contribution in [0.25, 0.3) is 0 Å². The molecule has 0 saturated heterocycles. The monoisotopic (exact) mass is 335 g/mol. The van der Waals surface area contributed by atoms with Crippen LogP contribution in [-0.2, 0) is 14.4 Å². The SMILES string of the molecule is CC(C)[C@@H](C=O)NC(=O)[C@H](CC(N)=O)N(O)C(=O)c1ccccc1. The number of rotatable bonds is 8. The Balaban J connectivity index is 2.98. The predicted molar refractivity (Wildman–Crippen MR) is 84.8 cm³/mol. The van der Waals surface area contributed by atoms with E-state index in [4.69, 9.17) is 5.73 Å². The molecule has 0 spiro atoms. The summed E-state index contributed by atoms with van der Waals surface area (Å²) in [5, 5.41) is 12.7. The zero-order valence-electron chi connectivity index (χ0n) is 13.5. The van der Waals surface area contributed by atoms with Gasteiger partial charge in [-0.1, -0.05) is 32.0 Å². The van der Waals surface area contributed by atoms with Crippen LogP contribution in [0.5, 0.6) is 0 Å². The fourth-order valence-electron chi connectivity index (χ4n) is 1.95. The summed E-state index contributed by atoms with van der Waals surface area (Å²) in [6, 6.07) is 5.42. The molecule has 0 saturated carbocycles. The number of primary amides is 1. The largest absolute Gasteiger partial charge is 0.370 e. The fourth-order valence-corrected chi connectivity index (χ4v) is 1.95. The van der Waals surface area contributed by atoms with Gasteiger partial charge in [-0.2, -0.15) is 0 Å². The number of hydroxylamine groups is 2. The molecule has 1 aromatic rings. The average molecular weight is 335 g/mol. The van der Waals surface area contributed by atoms with E-state index in [1.807, 2.05) is 0 Å². The highest BCUT2D eigenvalue weighted by Crippen LogP contribution is 2.10. The number of amides is 3. The molecule has 0 radical (unpaired) electrons. The number of carbonyl (C=O) groups excluding carboxylic acids is 4. The van der Waals surface area contributed by atoms with Gasteiger partial charge in [-0.25, -0.2) is 5.06 Å². The summed E-state index contributed by atoms with van der Waals surface area (Å²) in [6.07, 6.45) is -0.0325. The van der Waals surface area contributed by atoms with E-state index < -0.39 is 36.2 Å². The Hall–Kier alpha value is -2.74. The van der Waals surface area contributed by atoms with E-state index in [1.165, 1.54) is 12.1 Å². The van der Waals surface area contributed by atoms with Crippen molar-refractivity contribution < 1.29 is 24.4 Å². The number of nitrogens with one attached hydrogen (secondary N) is 1. The third-order valence-corrected chi connectivity index (χ3v) is 3.39. The molecule has 0 fully saturated rings. The first-order valence-electron chi connectivity index (χ1n) is 7.39. The van der Waals surface area contributed by atoms with E-state index in [-0.39, 0.29) is 16.5 Å². The third-order valence-electron chi connectivity index (χ3n) is 3.39. The normalized spacial score (nSPS) is 13.0. The molecule has 2 atom stereocenters. The van der Waals surface area contributed by atoms with Crippen molar-refractivity contribution in [1.29, 1.82) is 0 Å². The highest BCUT2D eigenvalue weighted by molar-refractivity contribution is 5.98. The Bertz CT molecular complexity index is 603. The van der Waals surface area contributed by atoms with Crippen molar-refractivity contribution in [3.8, 4) is 0 Å². The smallest absolute Gasteiger partial charge is 0.277 e. The van der Waals surface area contributed by atoms with Gasteiger partial charge in [0.15, 0.2) is 0 Å². The summed E-state index contributed by atoms with van der Waals surface area (Å²) in [4.78, 5) is 46.7. The van der Waals surface area contributed by atoms with E-state index in [1.54, 1.807) is 32.0 Å². The number of carbonyl (C=O) groups is 4. The maximum Gasteiger partial charge on any atom is 0.277 e. The number of hydrogen-bond donors (Lipinski definition) is 3. The molecule has 24 heavy (non-hydrogen) atoms. The topological polar surface area (TPSA) is 130 Å². The number of nitrogens with two attached hydrogens (primary N) is 1. The van der Waals surface area contributed by atoms with Crippen LogP contribution in [0.15, 0.2) is 30.3 Å². The minimum absolute atomic E-state index is 0.137. The molecule has 4 N–H and O–H groups in total. The molecule has 3 amide bonds. The van der Waals surface area contributed by atoms with Crippen LogP contribution in [0, 0.1) is 5.92 Å². The molecule has 0 unspecified atom stereocenters. The van der Waals surface area contributed by atoms with E-state index in [0.717, 1.165) is 0 Å². The van der Waals surface area contributed by atoms with Crippen molar-refractivity contribution in [2.75, 3.05) is 0 Å². The Morgan fingerprint density at radius 3 is 2.29 bits per heavy atom. The molecular weight excluding hydrogens is 314 g/mol. The van der Waals surface area contributed by atoms with Gasteiger partial charge < -0.3 is 15.8 Å².